The lowest BCUT2D eigenvalue weighted by Gasteiger charge is -2.03. The summed E-state index contributed by atoms with van der Waals surface area (Å²) in [5.74, 6) is 0. The van der Waals surface area contributed by atoms with Gasteiger partial charge in [-0.2, -0.15) is 0 Å². The van der Waals surface area contributed by atoms with Crippen LogP contribution in [0.3, 0.4) is 0 Å². The predicted octanol–water partition coefficient (Wildman–Crippen LogP) is 1.12. The molecule has 3 heteroatoms. The van der Waals surface area contributed by atoms with Crippen molar-refractivity contribution in [3.05, 3.63) is 35.9 Å². The maximum Gasteiger partial charge on any atom is 0.314 e. The molecule has 3 nitrogen and oxygen atoms in total. The fourth-order valence-electron chi connectivity index (χ4n) is 0.867. The van der Waals surface area contributed by atoms with Crippen molar-refractivity contribution in [2.45, 2.75) is 6.54 Å². The first-order valence-corrected chi connectivity index (χ1v) is 3.82. The summed E-state index contributed by atoms with van der Waals surface area (Å²) in [4.78, 5) is 10.8. The van der Waals surface area contributed by atoms with E-state index in [0.717, 1.165) is 5.56 Å². The Labute approximate surface area is 71.8 Å². The van der Waals surface area contributed by atoms with Crippen molar-refractivity contribution in [3.8, 4) is 0 Å². The van der Waals surface area contributed by atoms with Gasteiger partial charge in [0.1, 0.15) is 0 Å². The minimum absolute atomic E-state index is 0.154. The Balaban J connectivity index is 2.38. The van der Waals surface area contributed by atoms with Crippen LogP contribution in [0.5, 0.6) is 0 Å². The van der Waals surface area contributed by atoms with Gasteiger partial charge in [0.05, 0.1) is 0 Å². The highest BCUT2D eigenvalue weighted by molar-refractivity contribution is 5.73. The van der Waals surface area contributed by atoms with Gasteiger partial charge in [0, 0.05) is 13.6 Å². The summed E-state index contributed by atoms with van der Waals surface area (Å²) in [5.41, 5.74) is 1.10. The molecule has 1 aromatic carbocycles. The molecule has 0 aliphatic rings. The molecular weight excluding hydrogens is 152 g/mol. The van der Waals surface area contributed by atoms with Crippen LogP contribution >= 0.6 is 0 Å². The summed E-state index contributed by atoms with van der Waals surface area (Å²) in [7, 11) is 1.60. The van der Waals surface area contributed by atoms with Crippen LogP contribution in [0, 0.1) is 0 Å². The van der Waals surface area contributed by atoms with E-state index in [1.807, 2.05) is 30.3 Å². The van der Waals surface area contributed by atoms with Crippen molar-refractivity contribution in [2.75, 3.05) is 7.05 Å². The first kappa shape index (κ1) is 8.59. The quantitative estimate of drug-likeness (QED) is 0.675. The zero-order valence-electron chi connectivity index (χ0n) is 7.00. The average Bonchev–Trinajstić information content (AvgIpc) is 2.16. The number of carbonyl (C=O) groups excluding carboxylic acids is 1. The molecule has 64 valence electrons. The number of hydrogen-bond donors (Lipinski definition) is 2. The Kier molecular flexibility index (Phi) is 3.14. The molecule has 0 aliphatic heterocycles. The third kappa shape index (κ3) is 2.62. The van der Waals surface area contributed by atoms with Gasteiger partial charge in [-0.15, -0.1) is 0 Å². The lowest BCUT2D eigenvalue weighted by atomic mass is 10.2. The Morgan fingerprint density at radius 3 is 2.58 bits per heavy atom. The molecule has 0 saturated carbocycles. The summed E-state index contributed by atoms with van der Waals surface area (Å²) in [6.45, 7) is 0.570. The molecular formula is C9H12N2O. The van der Waals surface area contributed by atoms with E-state index in [1.54, 1.807) is 7.05 Å². The van der Waals surface area contributed by atoms with Crippen molar-refractivity contribution in [1.82, 2.24) is 10.6 Å². The second-order valence-electron chi connectivity index (χ2n) is 2.42. The molecule has 0 heterocycles. The summed E-state index contributed by atoms with van der Waals surface area (Å²) in [5, 5.41) is 5.18. The number of hydrogen-bond acceptors (Lipinski definition) is 1. The molecule has 0 aromatic heterocycles. The van der Waals surface area contributed by atoms with Gasteiger partial charge in [-0.1, -0.05) is 30.3 Å². The van der Waals surface area contributed by atoms with Gasteiger partial charge in [-0.25, -0.2) is 4.79 Å². The normalized spacial score (nSPS) is 9.08. The maximum absolute atomic E-state index is 10.8. The molecule has 2 N–H and O–H groups in total. The zero-order chi connectivity index (χ0) is 8.81. The van der Waals surface area contributed by atoms with E-state index in [1.165, 1.54) is 0 Å². The summed E-state index contributed by atoms with van der Waals surface area (Å²) in [6, 6.07) is 9.62. The second-order valence-corrected chi connectivity index (χ2v) is 2.42. The van der Waals surface area contributed by atoms with E-state index >= 15 is 0 Å². The summed E-state index contributed by atoms with van der Waals surface area (Å²) in [6.07, 6.45) is 0. The van der Waals surface area contributed by atoms with E-state index in [-0.39, 0.29) is 6.03 Å². The Hall–Kier alpha value is -1.51. The number of rotatable bonds is 2. The monoisotopic (exact) mass is 164 g/mol. The van der Waals surface area contributed by atoms with E-state index in [0.29, 0.717) is 6.54 Å². The molecule has 1 rings (SSSR count). The number of carbonyl (C=O) groups is 1. The van der Waals surface area contributed by atoms with Gasteiger partial charge in [-0.05, 0) is 5.56 Å². The summed E-state index contributed by atoms with van der Waals surface area (Å²) < 4.78 is 0. The fourth-order valence-corrected chi connectivity index (χ4v) is 0.867. The molecule has 0 spiro atoms. The molecule has 0 saturated heterocycles. The van der Waals surface area contributed by atoms with Crippen LogP contribution in [-0.2, 0) is 6.54 Å². The Morgan fingerprint density at radius 2 is 2.00 bits per heavy atom. The second kappa shape index (κ2) is 4.38. The Bertz CT molecular complexity index is 246. The van der Waals surface area contributed by atoms with Crippen LogP contribution in [0.2, 0.25) is 0 Å². The van der Waals surface area contributed by atoms with Crippen LogP contribution in [0.4, 0.5) is 4.79 Å². The summed E-state index contributed by atoms with van der Waals surface area (Å²) >= 11 is 0. The number of amides is 2. The van der Waals surface area contributed by atoms with Crippen molar-refractivity contribution in [3.63, 3.8) is 0 Å². The zero-order valence-corrected chi connectivity index (χ0v) is 7.00. The van der Waals surface area contributed by atoms with Gasteiger partial charge in [0.25, 0.3) is 0 Å². The average molecular weight is 164 g/mol. The Morgan fingerprint density at radius 1 is 1.33 bits per heavy atom. The highest BCUT2D eigenvalue weighted by Gasteiger charge is 1.94. The molecule has 0 radical (unpaired) electrons. The minimum Gasteiger partial charge on any atom is -0.341 e. The van der Waals surface area contributed by atoms with Gasteiger partial charge in [0.2, 0.25) is 0 Å². The fraction of sp³-hybridized carbons (Fsp3) is 0.222. The number of urea groups is 1. The SMILES string of the molecule is CNC(=O)NCc1ccccc1. The first-order valence-electron chi connectivity index (χ1n) is 3.82. The number of nitrogens with one attached hydrogen (secondary N) is 2. The van der Waals surface area contributed by atoms with Crippen LogP contribution < -0.4 is 10.6 Å². The molecule has 0 fully saturated rings. The molecule has 0 atom stereocenters. The molecule has 0 bridgehead atoms. The van der Waals surface area contributed by atoms with Crippen LogP contribution in [0.1, 0.15) is 5.56 Å². The third-order valence-corrected chi connectivity index (χ3v) is 1.52. The smallest absolute Gasteiger partial charge is 0.314 e. The minimum atomic E-state index is -0.154. The van der Waals surface area contributed by atoms with Gasteiger partial charge in [0.15, 0.2) is 0 Å². The van der Waals surface area contributed by atoms with Crippen molar-refractivity contribution >= 4 is 6.03 Å². The van der Waals surface area contributed by atoms with E-state index in [4.69, 9.17) is 0 Å². The van der Waals surface area contributed by atoms with E-state index in [2.05, 4.69) is 10.6 Å². The third-order valence-electron chi connectivity index (χ3n) is 1.52. The van der Waals surface area contributed by atoms with Crippen LogP contribution in [0.25, 0.3) is 0 Å². The van der Waals surface area contributed by atoms with Crippen LogP contribution in [-0.4, -0.2) is 13.1 Å². The molecule has 0 aliphatic carbocycles. The van der Waals surface area contributed by atoms with Gasteiger partial charge in [-0.3, -0.25) is 0 Å². The molecule has 12 heavy (non-hydrogen) atoms. The first-order chi connectivity index (χ1) is 5.83. The van der Waals surface area contributed by atoms with Crippen molar-refractivity contribution < 1.29 is 4.79 Å². The number of benzene rings is 1. The lowest BCUT2D eigenvalue weighted by Crippen LogP contribution is -2.32. The molecule has 2 amide bonds. The van der Waals surface area contributed by atoms with E-state index in [9.17, 15) is 4.79 Å². The van der Waals surface area contributed by atoms with Crippen molar-refractivity contribution in [1.29, 1.82) is 0 Å². The predicted molar refractivity (Wildman–Crippen MR) is 47.7 cm³/mol. The van der Waals surface area contributed by atoms with Crippen molar-refractivity contribution in [2.24, 2.45) is 0 Å². The highest BCUT2D eigenvalue weighted by Crippen LogP contribution is 1.96. The maximum atomic E-state index is 10.8. The van der Waals surface area contributed by atoms with Crippen LogP contribution in [0.15, 0.2) is 30.3 Å². The topological polar surface area (TPSA) is 41.1 Å². The van der Waals surface area contributed by atoms with Gasteiger partial charge >= 0.3 is 6.03 Å². The largest absolute Gasteiger partial charge is 0.341 e. The molecule has 1 aromatic rings. The van der Waals surface area contributed by atoms with Gasteiger partial charge < -0.3 is 10.6 Å². The highest BCUT2D eigenvalue weighted by atomic mass is 16.2. The standard InChI is InChI=1S/C9H12N2O/c1-10-9(12)11-7-8-5-3-2-4-6-8/h2-6H,7H2,1H3,(H2,10,11,12). The van der Waals surface area contributed by atoms with E-state index < -0.39 is 0 Å². The lowest BCUT2D eigenvalue weighted by molar-refractivity contribution is 0.242. The molecule has 0 unspecified atom stereocenters.